The van der Waals surface area contributed by atoms with Crippen LogP contribution < -0.4 is 11.1 Å². The molecule has 0 atom stereocenters. The monoisotopic (exact) mass is 266 g/mol. The average Bonchev–Trinajstić information content (AvgIpc) is 2.19. The van der Waals surface area contributed by atoms with Crippen LogP contribution in [0, 0.1) is 5.82 Å². The van der Waals surface area contributed by atoms with Gasteiger partial charge in [-0.25, -0.2) is 4.39 Å². The van der Waals surface area contributed by atoms with E-state index in [0.717, 1.165) is 6.07 Å². The topological polar surface area (TPSA) is 55.1 Å². The minimum absolute atomic E-state index is 0. The molecule has 0 fully saturated rings. The molecular weight excluding hydrogens is 254 g/mol. The van der Waals surface area contributed by atoms with Crippen LogP contribution in [0.1, 0.15) is 12.8 Å². The number of amides is 1. The van der Waals surface area contributed by atoms with Crippen LogP contribution in [-0.2, 0) is 4.79 Å². The number of rotatable bonds is 4. The summed E-state index contributed by atoms with van der Waals surface area (Å²) in [4.78, 5) is 11.2. The number of hydrogen-bond donors (Lipinski definition) is 2. The first kappa shape index (κ1) is 15.2. The second-order valence-electron chi connectivity index (χ2n) is 3.06. The number of nitrogens with two attached hydrogens (primary N) is 1. The minimum atomic E-state index is -0.538. The van der Waals surface area contributed by atoms with Gasteiger partial charge in [-0.3, -0.25) is 4.79 Å². The molecule has 1 amide bonds. The van der Waals surface area contributed by atoms with E-state index in [2.05, 4.69) is 5.32 Å². The molecule has 16 heavy (non-hydrogen) atoms. The summed E-state index contributed by atoms with van der Waals surface area (Å²) < 4.78 is 13.2. The van der Waals surface area contributed by atoms with Crippen molar-refractivity contribution in [1.29, 1.82) is 0 Å². The first-order chi connectivity index (χ1) is 7.13. The Morgan fingerprint density at radius 2 is 2.19 bits per heavy atom. The second kappa shape index (κ2) is 7.44. The van der Waals surface area contributed by atoms with E-state index in [-0.39, 0.29) is 24.0 Å². The Morgan fingerprint density at radius 1 is 1.50 bits per heavy atom. The van der Waals surface area contributed by atoms with Crippen molar-refractivity contribution in [2.75, 3.05) is 11.9 Å². The second-order valence-corrected chi connectivity index (χ2v) is 3.50. The molecule has 0 aromatic heterocycles. The SMILES string of the molecule is Cl.NCCCC(=O)Nc1ccc(Cl)cc1F. The predicted molar refractivity (Wildman–Crippen MR) is 65.6 cm³/mol. The van der Waals surface area contributed by atoms with Gasteiger partial charge in [-0.15, -0.1) is 12.4 Å². The molecule has 0 heterocycles. The van der Waals surface area contributed by atoms with Crippen LogP contribution in [-0.4, -0.2) is 12.5 Å². The van der Waals surface area contributed by atoms with Gasteiger partial charge in [0.05, 0.1) is 5.69 Å². The summed E-state index contributed by atoms with van der Waals surface area (Å²) in [6.07, 6.45) is 0.875. The molecule has 0 aliphatic heterocycles. The molecule has 1 aromatic carbocycles. The largest absolute Gasteiger partial charge is 0.330 e. The fraction of sp³-hybridized carbons (Fsp3) is 0.300. The number of hydrogen-bond acceptors (Lipinski definition) is 2. The Hall–Kier alpha value is -0.840. The molecule has 0 bridgehead atoms. The summed E-state index contributed by atoms with van der Waals surface area (Å²) >= 11 is 5.57. The first-order valence-corrected chi connectivity index (χ1v) is 4.96. The maximum atomic E-state index is 13.2. The first-order valence-electron chi connectivity index (χ1n) is 4.58. The van der Waals surface area contributed by atoms with Gasteiger partial charge in [-0.1, -0.05) is 11.6 Å². The van der Waals surface area contributed by atoms with E-state index in [1.807, 2.05) is 0 Å². The molecule has 3 N–H and O–H groups in total. The molecule has 1 rings (SSSR count). The van der Waals surface area contributed by atoms with Crippen LogP contribution in [0.25, 0.3) is 0 Å². The van der Waals surface area contributed by atoms with Gasteiger partial charge in [0.15, 0.2) is 0 Å². The molecule has 0 saturated carbocycles. The van der Waals surface area contributed by atoms with E-state index in [0.29, 0.717) is 24.4 Å². The third-order valence-electron chi connectivity index (χ3n) is 1.81. The lowest BCUT2D eigenvalue weighted by molar-refractivity contribution is -0.116. The number of benzene rings is 1. The summed E-state index contributed by atoms with van der Waals surface area (Å²) in [5, 5.41) is 2.74. The maximum Gasteiger partial charge on any atom is 0.224 e. The fourth-order valence-electron chi connectivity index (χ4n) is 1.07. The van der Waals surface area contributed by atoms with Gasteiger partial charge >= 0.3 is 0 Å². The Balaban J connectivity index is 0.00000225. The Morgan fingerprint density at radius 3 is 2.75 bits per heavy atom. The highest BCUT2D eigenvalue weighted by atomic mass is 35.5. The number of nitrogens with one attached hydrogen (secondary N) is 1. The van der Waals surface area contributed by atoms with E-state index in [4.69, 9.17) is 17.3 Å². The minimum Gasteiger partial charge on any atom is -0.330 e. The van der Waals surface area contributed by atoms with E-state index in [1.165, 1.54) is 12.1 Å². The van der Waals surface area contributed by atoms with Crippen LogP contribution in [0.2, 0.25) is 5.02 Å². The summed E-state index contributed by atoms with van der Waals surface area (Å²) in [7, 11) is 0. The molecule has 0 radical (unpaired) electrons. The van der Waals surface area contributed by atoms with Crippen molar-refractivity contribution in [2.24, 2.45) is 5.73 Å². The molecule has 0 aliphatic carbocycles. The van der Waals surface area contributed by atoms with Crippen molar-refractivity contribution in [2.45, 2.75) is 12.8 Å². The van der Waals surface area contributed by atoms with Gasteiger partial charge < -0.3 is 11.1 Å². The van der Waals surface area contributed by atoms with Gasteiger partial charge in [0.2, 0.25) is 5.91 Å². The normalized spacial score (nSPS) is 9.44. The summed E-state index contributed by atoms with van der Waals surface area (Å²) in [6.45, 7) is 0.441. The zero-order chi connectivity index (χ0) is 11.3. The lowest BCUT2D eigenvalue weighted by Crippen LogP contribution is -2.14. The molecule has 6 heteroatoms. The molecule has 1 aromatic rings. The van der Waals surface area contributed by atoms with Gasteiger partial charge in [0, 0.05) is 11.4 Å². The zero-order valence-electron chi connectivity index (χ0n) is 8.50. The Labute approximate surface area is 105 Å². The molecule has 0 aliphatic rings. The highest BCUT2D eigenvalue weighted by molar-refractivity contribution is 6.30. The van der Waals surface area contributed by atoms with Crippen molar-refractivity contribution < 1.29 is 9.18 Å². The summed E-state index contributed by atoms with van der Waals surface area (Å²) in [5.74, 6) is -0.787. The highest BCUT2D eigenvalue weighted by Crippen LogP contribution is 2.18. The molecule has 0 unspecified atom stereocenters. The Bertz CT molecular complexity index is 361. The van der Waals surface area contributed by atoms with Crippen LogP contribution in [0.15, 0.2) is 18.2 Å². The fourth-order valence-corrected chi connectivity index (χ4v) is 1.22. The predicted octanol–water partition coefficient (Wildman–Crippen LogP) is 2.58. The lowest BCUT2D eigenvalue weighted by Gasteiger charge is -2.05. The molecule has 0 spiro atoms. The molecular formula is C10H13Cl2FN2O. The zero-order valence-corrected chi connectivity index (χ0v) is 10.1. The van der Waals surface area contributed by atoms with E-state index < -0.39 is 5.82 Å². The smallest absolute Gasteiger partial charge is 0.224 e. The number of carbonyl (C=O) groups is 1. The molecule has 90 valence electrons. The average molecular weight is 267 g/mol. The number of halogens is 3. The van der Waals surface area contributed by atoms with E-state index >= 15 is 0 Å². The third-order valence-corrected chi connectivity index (χ3v) is 2.05. The van der Waals surface area contributed by atoms with Crippen molar-refractivity contribution >= 4 is 35.6 Å². The highest BCUT2D eigenvalue weighted by Gasteiger charge is 2.06. The standard InChI is InChI=1S/C10H12ClFN2O.ClH/c11-7-3-4-9(8(12)6-7)14-10(15)2-1-5-13;/h3-4,6H,1-2,5,13H2,(H,14,15);1H. The summed E-state index contributed by atoms with van der Waals surface area (Å²) in [5.41, 5.74) is 5.39. The van der Waals surface area contributed by atoms with Crippen LogP contribution in [0.3, 0.4) is 0 Å². The van der Waals surface area contributed by atoms with Crippen LogP contribution >= 0.6 is 24.0 Å². The quantitative estimate of drug-likeness (QED) is 0.880. The maximum absolute atomic E-state index is 13.2. The van der Waals surface area contributed by atoms with Crippen LogP contribution in [0.5, 0.6) is 0 Å². The molecule has 0 saturated heterocycles. The molecule has 3 nitrogen and oxygen atoms in total. The van der Waals surface area contributed by atoms with Gasteiger partial charge in [-0.05, 0) is 31.2 Å². The van der Waals surface area contributed by atoms with E-state index in [9.17, 15) is 9.18 Å². The van der Waals surface area contributed by atoms with Gasteiger partial charge in [0.25, 0.3) is 0 Å². The van der Waals surface area contributed by atoms with Crippen molar-refractivity contribution in [3.8, 4) is 0 Å². The lowest BCUT2D eigenvalue weighted by atomic mass is 10.2. The summed E-state index contributed by atoms with van der Waals surface area (Å²) in [6, 6.07) is 4.10. The van der Waals surface area contributed by atoms with E-state index in [1.54, 1.807) is 0 Å². The number of anilines is 1. The van der Waals surface area contributed by atoms with Gasteiger partial charge in [0.1, 0.15) is 5.82 Å². The Kier molecular flexibility index (Phi) is 7.05. The van der Waals surface area contributed by atoms with Crippen LogP contribution in [0.4, 0.5) is 10.1 Å². The van der Waals surface area contributed by atoms with Crippen molar-refractivity contribution in [3.05, 3.63) is 29.0 Å². The van der Waals surface area contributed by atoms with Gasteiger partial charge in [-0.2, -0.15) is 0 Å². The van der Waals surface area contributed by atoms with Crippen molar-refractivity contribution in [1.82, 2.24) is 0 Å². The number of carbonyl (C=O) groups excluding carboxylic acids is 1. The third kappa shape index (κ3) is 4.79. The van der Waals surface area contributed by atoms with Crippen molar-refractivity contribution in [3.63, 3.8) is 0 Å².